The first-order valence-electron chi connectivity index (χ1n) is 6.40. The number of likely N-dealkylation sites (tertiary alicyclic amines) is 1. The van der Waals surface area contributed by atoms with E-state index in [2.05, 4.69) is 22.0 Å². The van der Waals surface area contributed by atoms with Crippen molar-refractivity contribution < 1.29 is 9.90 Å². The van der Waals surface area contributed by atoms with Crippen LogP contribution in [-0.2, 0) is 0 Å². The fourth-order valence-corrected chi connectivity index (χ4v) is 2.76. The lowest BCUT2D eigenvalue weighted by Gasteiger charge is -2.30. The number of piperidine rings is 1. The number of carbonyl (C=O) groups is 1. The molecular weight excluding hydrogens is 244 g/mol. The number of rotatable bonds is 2. The molecule has 1 unspecified atom stereocenters. The molecule has 3 heterocycles. The molecule has 3 rings (SSSR count). The normalized spacial score (nSPS) is 20.8. The quantitative estimate of drug-likeness (QED) is 0.883. The first-order valence-corrected chi connectivity index (χ1v) is 6.40. The van der Waals surface area contributed by atoms with Gasteiger partial charge in [0.2, 0.25) is 0 Å². The molecule has 1 aliphatic rings. The summed E-state index contributed by atoms with van der Waals surface area (Å²) in [6.45, 7) is 2.04. The monoisotopic (exact) mass is 260 g/mol. The zero-order valence-corrected chi connectivity index (χ0v) is 10.8. The largest absolute Gasteiger partial charge is 0.478 e. The first kappa shape index (κ1) is 12.1. The number of aromatic carboxylic acids is 1. The fourth-order valence-electron chi connectivity index (χ4n) is 2.76. The van der Waals surface area contributed by atoms with Crippen molar-refractivity contribution in [2.24, 2.45) is 0 Å². The van der Waals surface area contributed by atoms with E-state index in [1.54, 1.807) is 12.4 Å². The van der Waals surface area contributed by atoms with Gasteiger partial charge in [-0.15, -0.1) is 0 Å². The summed E-state index contributed by atoms with van der Waals surface area (Å²) in [6.07, 6.45) is 6.91. The van der Waals surface area contributed by atoms with Crippen molar-refractivity contribution in [2.75, 3.05) is 20.1 Å². The second-order valence-electron chi connectivity index (χ2n) is 5.07. The third kappa shape index (κ3) is 2.08. The topological polar surface area (TPSA) is 71.2 Å². The standard InChI is InChI=1S/C13H16N4O2/c1-16-4-2-3-9(8-16)17-12-7-14-5-11(13(18)19)10(12)6-15-17/h5-7,9H,2-4,8H2,1H3,(H,18,19). The highest BCUT2D eigenvalue weighted by Crippen LogP contribution is 2.25. The van der Waals surface area contributed by atoms with Gasteiger partial charge in [0.25, 0.3) is 0 Å². The number of carboxylic acid groups (broad SMARTS) is 1. The molecule has 100 valence electrons. The highest BCUT2D eigenvalue weighted by molar-refractivity contribution is 6.01. The van der Waals surface area contributed by atoms with Crippen molar-refractivity contribution >= 4 is 16.9 Å². The Morgan fingerprint density at radius 3 is 3.00 bits per heavy atom. The highest BCUT2D eigenvalue weighted by Gasteiger charge is 2.22. The summed E-state index contributed by atoms with van der Waals surface area (Å²) in [4.78, 5) is 17.5. The SMILES string of the molecule is CN1CCCC(n2ncc3c(C(=O)O)cncc32)C1. The third-order valence-corrected chi connectivity index (χ3v) is 3.70. The number of aromatic nitrogens is 3. The van der Waals surface area contributed by atoms with Gasteiger partial charge < -0.3 is 10.0 Å². The molecule has 6 nitrogen and oxygen atoms in total. The molecule has 0 spiro atoms. The number of fused-ring (bicyclic) bond motifs is 1. The van der Waals surface area contributed by atoms with Gasteiger partial charge in [-0.3, -0.25) is 9.67 Å². The molecular formula is C13H16N4O2. The summed E-state index contributed by atoms with van der Waals surface area (Å²) in [7, 11) is 2.10. The van der Waals surface area contributed by atoms with E-state index >= 15 is 0 Å². The molecule has 1 N–H and O–H groups in total. The first-order chi connectivity index (χ1) is 9.16. The molecule has 0 saturated carbocycles. The lowest BCUT2D eigenvalue weighted by Crippen LogP contribution is -2.33. The van der Waals surface area contributed by atoms with Crippen LogP contribution in [0.25, 0.3) is 10.9 Å². The van der Waals surface area contributed by atoms with Gasteiger partial charge in [0.15, 0.2) is 0 Å². The van der Waals surface area contributed by atoms with Crippen LogP contribution in [0.4, 0.5) is 0 Å². The van der Waals surface area contributed by atoms with Gasteiger partial charge in [0.1, 0.15) is 0 Å². The Bertz CT molecular complexity index is 622. The predicted molar refractivity (Wildman–Crippen MR) is 70.3 cm³/mol. The van der Waals surface area contributed by atoms with Crippen LogP contribution in [0.1, 0.15) is 29.2 Å². The zero-order chi connectivity index (χ0) is 13.4. The summed E-state index contributed by atoms with van der Waals surface area (Å²) < 4.78 is 1.92. The van der Waals surface area contributed by atoms with Crippen LogP contribution in [0.2, 0.25) is 0 Å². The van der Waals surface area contributed by atoms with Crippen LogP contribution in [0, 0.1) is 0 Å². The second kappa shape index (κ2) is 4.62. The summed E-state index contributed by atoms with van der Waals surface area (Å²) >= 11 is 0. The number of nitrogens with zero attached hydrogens (tertiary/aromatic N) is 4. The van der Waals surface area contributed by atoms with Crippen LogP contribution in [0.3, 0.4) is 0 Å². The number of likely N-dealkylation sites (N-methyl/N-ethyl adjacent to an activating group) is 1. The Labute approximate surface area is 110 Å². The molecule has 1 aliphatic heterocycles. The summed E-state index contributed by atoms with van der Waals surface area (Å²) in [5, 5.41) is 14.2. The molecule has 19 heavy (non-hydrogen) atoms. The van der Waals surface area contributed by atoms with Crippen molar-refractivity contribution in [3.63, 3.8) is 0 Å². The number of pyridine rings is 1. The molecule has 1 fully saturated rings. The van der Waals surface area contributed by atoms with Crippen LogP contribution >= 0.6 is 0 Å². The molecule has 0 amide bonds. The minimum atomic E-state index is -0.960. The molecule has 0 aliphatic carbocycles. The van der Waals surface area contributed by atoms with Crippen LogP contribution in [0.5, 0.6) is 0 Å². The van der Waals surface area contributed by atoms with E-state index in [1.807, 2.05) is 4.68 Å². The van der Waals surface area contributed by atoms with Gasteiger partial charge in [-0.1, -0.05) is 0 Å². The highest BCUT2D eigenvalue weighted by atomic mass is 16.4. The van der Waals surface area contributed by atoms with Gasteiger partial charge in [0, 0.05) is 18.1 Å². The molecule has 2 aromatic rings. The molecule has 1 atom stereocenters. The lowest BCUT2D eigenvalue weighted by molar-refractivity contribution is 0.0698. The zero-order valence-electron chi connectivity index (χ0n) is 10.8. The predicted octanol–water partition coefficient (Wildman–Crippen LogP) is 1.40. The van der Waals surface area contributed by atoms with Gasteiger partial charge >= 0.3 is 5.97 Å². The smallest absolute Gasteiger partial charge is 0.338 e. The fraction of sp³-hybridized carbons (Fsp3) is 0.462. The van der Waals surface area contributed by atoms with Crippen molar-refractivity contribution in [1.82, 2.24) is 19.7 Å². The third-order valence-electron chi connectivity index (χ3n) is 3.70. The van der Waals surface area contributed by atoms with Crippen LogP contribution in [0.15, 0.2) is 18.6 Å². The Kier molecular flexibility index (Phi) is 2.94. The number of carboxylic acids is 1. The summed E-state index contributed by atoms with van der Waals surface area (Å²) in [5.74, 6) is -0.960. The van der Waals surface area contributed by atoms with E-state index in [0.717, 1.165) is 31.4 Å². The van der Waals surface area contributed by atoms with Crippen molar-refractivity contribution in [3.8, 4) is 0 Å². The Hall–Kier alpha value is -1.95. The maximum atomic E-state index is 11.2. The number of hydrogen-bond acceptors (Lipinski definition) is 4. The average molecular weight is 260 g/mol. The molecule has 0 aromatic carbocycles. The van der Waals surface area contributed by atoms with E-state index in [1.165, 1.54) is 6.20 Å². The Morgan fingerprint density at radius 2 is 2.26 bits per heavy atom. The Morgan fingerprint density at radius 1 is 1.42 bits per heavy atom. The van der Waals surface area contributed by atoms with E-state index in [9.17, 15) is 4.79 Å². The maximum absolute atomic E-state index is 11.2. The second-order valence-corrected chi connectivity index (χ2v) is 5.07. The van der Waals surface area contributed by atoms with E-state index in [0.29, 0.717) is 11.4 Å². The summed E-state index contributed by atoms with van der Waals surface area (Å²) in [6, 6.07) is 0.294. The van der Waals surface area contributed by atoms with Crippen LogP contribution < -0.4 is 0 Å². The van der Waals surface area contributed by atoms with Crippen molar-refractivity contribution in [2.45, 2.75) is 18.9 Å². The molecule has 1 saturated heterocycles. The van der Waals surface area contributed by atoms with E-state index in [-0.39, 0.29) is 5.56 Å². The molecule has 0 radical (unpaired) electrons. The minimum Gasteiger partial charge on any atom is -0.478 e. The Balaban J connectivity index is 2.05. The lowest BCUT2D eigenvalue weighted by atomic mass is 10.1. The number of hydrogen-bond donors (Lipinski definition) is 1. The average Bonchev–Trinajstić information content (AvgIpc) is 2.82. The minimum absolute atomic E-state index is 0.216. The van der Waals surface area contributed by atoms with Gasteiger partial charge in [-0.05, 0) is 26.4 Å². The van der Waals surface area contributed by atoms with E-state index in [4.69, 9.17) is 5.11 Å². The van der Waals surface area contributed by atoms with Crippen molar-refractivity contribution in [3.05, 3.63) is 24.2 Å². The van der Waals surface area contributed by atoms with Gasteiger partial charge in [0.05, 0.1) is 29.5 Å². The van der Waals surface area contributed by atoms with Gasteiger partial charge in [-0.25, -0.2) is 4.79 Å². The molecule has 6 heteroatoms. The van der Waals surface area contributed by atoms with Gasteiger partial charge in [-0.2, -0.15) is 5.10 Å². The molecule has 2 aromatic heterocycles. The maximum Gasteiger partial charge on any atom is 0.338 e. The summed E-state index contributed by atoms with van der Waals surface area (Å²) in [5.41, 5.74) is 1.02. The van der Waals surface area contributed by atoms with Crippen molar-refractivity contribution in [1.29, 1.82) is 0 Å². The van der Waals surface area contributed by atoms with E-state index < -0.39 is 5.97 Å². The molecule has 0 bridgehead atoms. The van der Waals surface area contributed by atoms with Crippen LogP contribution in [-0.4, -0.2) is 50.9 Å².